The van der Waals surface area contributed by atoms with E-state index in [1.807, 2.05) is 0 Å². The number of ether oxygens (including phenoxy) is 1. The molecule has 0 atom stereocenters. The summed E-state index contributed by atoms with van der Waals surface area (Å²) in [6.07, 6.45) is 1.07. The molecular weight excluding hydrogens is 193 g/mol. The number of hydrogen-bond donors (Lipinski definition) is 1. The first-order valence-electron chi connectivity index (χ1n) is 5.35. The number of hydrogen-bond acceptors (Lipinski definition) is 2. The SMILES string of the molecule is Cc1cc(OCCC2CNC2)ccc1F. The van der Waals surface area contributed by atoms with Gasteiger partial charge in [0.25, 0.3) is 0 Å². The second kappa shape index (κ2) is 4.62. The summed E-state index contributed by atoms with van der Waals surface area (Å²) < 4.78 is 18.5. The Bertz CT molecular complexity index is 336. The molecule has 3 heteroatoms. The summed E-state index contributed by atoms with van der Waals surface area (Å²) in [5, 5.41) is 3.22. The molecule has 0 spiro atoms. The van der Waals surface area contributed by atoms with Crippen molar-refractivity contribution in [1.29, 1.82) is 0 Å². The van der Waals surface area contributed by atoms with E-state index in [2.05, 4.69) is 5.32 Å². The molecule has 0 radical (unpaired) electrons. The van der Waals surface area contributed by atoms with E-state index in [-0.39, 0.29) is 5.82 Å². The zero-order valence-corrected chi connectivity index (χ0v) is 8.92. The number of rotatable bonds is 4. The molecule has 0 bridgehead atoms. The Morgan fingerprint density at radius 3 is 2.87 bits per heavy atom. The fourth-order valence-electron chi connectivity index (χ4n) is 1.60. The van der Waals surface area contributed by atoms with Gasteiger partial charge in [0.15, 0.2) is 0 Å². The smallest absolute Gasteiger partial charge is 0.126 e. The first-order chi connectivity index (χ1) is 7.25. The Kier molecular flexibility index (Phi) is 3.21. The summed E-state index contributed by atoms with van der Waals surface area (Å²) in [4.78, 5) is 0. The summed E-state index contributed by atoms with van der Waals surface area (Å²) in [7, 11) is 0. The van der Waals surface area contributed by atoms with Crippen molar-refractivity contribution in [2.24, 2.45) is 5.92 Å². The molecule has 1 aromatic carbocycles. The largest absolute Gasteiger partial charge is 0.494 e. The lowest BCUT2D eigenvalue weighted by Crippen LogP contribution is -2.42. The third-order valence-corrected chi connectivity index (χ3v) is 2.79. The minimum atomic E-state index is -0.175. The average molecular weight is 209 g/mol. The Balaban J connectivity index is 1.79. The molecule has 0 saturated carbocycles. The zero-order chi connectivity index (χ0) is 10.7. The normalized spacial score (nSPS) is 16.1. The maximum atomic E-state index is 12.9. The second-order valence-electron chi connectivity index (χ2n) is 4.07. The Labute approximate surface area is 89.4 Å². The third kappa shape index (κ3) is 2.69. The van der Waals surface area contributed by atoms with E-state index in [4.69, 9.17) is 4.74 Å². The van der Waals surface area contributed by atoms with Gasteiger partial charge >= 0.3 is 0 Å². The van der Waals surface area contributed by atoms with Crippen LogP contribution in [-0.2, 0) is 0 Å². The minimum Gasteiger partial charge on any atom is -0.494 e. The molecule has 0 aliphatic carbocycles. The van der Waals surface area contributed by atoms with Crippen molar-refractivity contribution in [3.05, 3.63) is 29.6 Å². The first-order valence-corrected chi connectivity index (χ1v) is 5.35. The van der Waals surface area contributed by atoms with Gasteiger partial charge in [-0.3, -0.25) is 0 Å². The topological polar surface area (TPSA) is 21.3 Å². The summed E-state index contributed by atoms with van der Waals surface area (Å²) in [5.74, 6) is 1.35. The van der Waals surface area contributed by atoms with Crippen molar-refractivity contribution in [2.75, 3.05) is 19.7 Å². The Hall–Kier alpha value is -1.09. The van der Waals surface area contributed by atoms with Crippen LogP contribution in [0.1, 0.15) is 12.0 Å². The highest BCUT2D eigenvalue weighted by Gasteiger charge is 2.15. The van der Waals surface area contributed by atoms with E-state index < -0.39 is 0 Å². The van der Waals surface area contributed by atoms with E-state index >= 15 is 0 Å². The molecule has 0 aromatic heterocycles. The van der Waals surface area contributed by atoms with E-state index in [1.165, 1.54) is 6.07 Å². The third-order valence-electron chi connectivity index (χ3n) is 2.79. The van der Waals surface area contributed by atoms with Crippen molar-refractivity contribution in [3.63, 3.8) is 0 Å². The molecule has 1 N–H and O–H groups in total. The molecule has 1 aliphatic rings. The van der Waals surface area contributed by atoms with Crippen LogP contribution in [-0.4, -0.2) is 19.7 Å². The summed E-state index contributed by atoms with van der Waals surface area (Å²) in [6.45, 7) is 4.67. The van der Waals surface area contributed by atoms with Gasteiger partial charge in [0.2, 0.25) is 0 Å². The molecule has 1 heterocycles. The lowest BCUT2D eigenvalue weighted by Gasteiger charge is -2.26. The molecule has 0 amide bonds. The van der Waals surface area contributed by atoms with Gasteiger partial charge in [-0.2, -0.15) is 0 Å². The van der Waals surface area contributed by atoms with Crippen LogP contribution in [0.5, 0.6) is 5.75 Å². The quantitative estimate of drug-likeness (QED) is 0.820. The van der Waals surface area contributed by atoms with Crippen LogP contribution in [0.25, 0.3) is 0 Å². The van der Waals surface area contributed by atoms with Crippen molar-refractivity contribution >= 4 is 0 Å². The Morgan fingerprint density at radius 1 is 1.47 bits per heavy atom. The molecule has 1 aliphatic heterocycles. The van der Waals surface area contributed by atoms with Crippen LogP contribution in [0.15, 0.2) is 18.2 Å². The van der Waals surface area contributed by atoms with E-state index in [0.29, 0.717) is 5.56 Å². The average Bonchev–Trinajstić information content (AvgIpc) is 2.15. The molecule has 1 fully saturated rings. The molecule has 2 rings (SSSR count). The fourth-order valence-corrected chi connectivity index (χ4v) is 1.60. The molecule has 1 aromatic rings. The highest BCUT2D eigenvalue weighted by Crippen LogP contribution is 2.17. The fraction of sp³-hybridized carbons (Fsp3) is 0.500. The van der Waals surface area contributed by atoms with E-state index in [1.54, 1.807) is 19.1 Å². The second-order valence-corrected chi connectivity index (χ2v) is 4.07. The molecule has 0 unspecified atom stereocenters. The van der Waals surface area contributed by atoms with Gasteiger partial charge < -0.3 is 10.1 Å². The maximum Gasteiger partial charge on any atom is 0.126 e. The van der Waals surface area contributed by atoms with E-state index in [9.17, 15) is 4.39 Å². The monoisotopic (exact) mass is 209 g/mol. The van der Waals surface area contributed by atoms with Crippen LogP contribution in [0.2, 0.25) is 0 Å². The molecule has 82 valence electrons. The summed E-state index contributed by atoms with van der Waals surface area (Å²) >= 11 is 0. The number of aryl methyl sites for hydroxylation is 1. The van der Waals surface area contributed by atoms with Gasteiger partial charge in [-0.15, -0.1) is 0 Å². The van der Waals surface area contributed by atoms with Crippen molar-refractivity contribution in [3.8, 4) is 5.75 Å². The summed E-state index contributed by atoms with van der Waals surface area (Å²) in [6, 6.07) is 4.88. The lowest BCUT2D eigenvalue weighted by atomic mass is 10.0. The van der Waals surface area contributed by atoms with Gasteiger partial charge in [0, 0.05) is 0 Å². The van der Waals surface area contributed by atoms with Crippen molar-refractivity contribution in [1.82, 2.24) is 5.32 Å². The standard InChI is InChI=1S/C12H16FNO/c1-9-6-11(2-3-12(9)13)15-5-4-10-7-14-8-10/h2-3,6,10,14H,4-5,7-8H2,1H3. The highest BCUT2D eigenvalue weighted by molar-refractivity contribution is 5.28. The van der Waals surface area contributed by atoms with Gasteiger partial charge in [-0.1, -0.05) is 0 Å². The van der Waals surface area contributed by atoms with Gasteiger partial charge in [-0.25, -0.2) is 4.39 Å². The van der Waals surface area contributed by atoms with Gasteiger partial charge in [0.1, 0.15) is 11.6 Å². The Morgan fingerprint density at radius 2 is 2.27 bits per heavy atom. The van der Waals surface area contributed by atoms with Crippen LogP contribution >= 0.6 is 0 Å². The molecule has 2 nitrogen and oxygen atoms in total. The highest BCUT2D eigenvalue weighted by atomic mass is 19.1. The van der Waals surface area contributed by atoms with Crippen LogP contribution in [0.3, 0.4) is 0 Å². The van der Waals surface area contributed by atoms with Crippen molar-refractivity contribution in [2.45, 2.75) is 13.3 Å². The van der Waals surface area contributed by atoms with Crippen LogP contribution < -0.4 is 10.1 Å². The van der Waals surface area contributed by atoms with Crippen molar-refractivity contribution < 1.29 is 9.13 Å². The van der Waals surface area contributed by atoms with Gasteiger partial charge in [0.05, 0.1) is 6.61 Å². The lowest BCUT2D eigenvalue weighted by molar-refractivity contribution is 0.238. The van der Waals surface area contributed by atoms with Crippen LogP contribution in [0, 0.1) is 18.7 Å². The predicted molar refractivity (Wildman–Crippen MR) is 57.6 cm³/mol. The summed E-state index contributed by atoms with van der Waals surface area (Å²) in [5.41, 5.74) is 0.637. The van der Waals surface area contributed by atoms with Crippen LogP contribution in [0.4, 0.5) is 4.39 Å². The van der Waals surface area contributed by atoms with E-state index in [0.717, 1.165) is 37.8 Å². The first kappa shape index (κ1) is 10.4. The van der Waals surface area contributed by atoms with Gasteiger partial charge in [-0.05, 0) is 56.1 Å². The maximum absolute atomic E-state index is 12.9. The number of halogens is 1. The predicted octanol–water partition coefficient (Wildman–Crippen LogP) is 2.12. The molecular formula is C12H16FNO. The minimum absolute atomic E-state index is 0.175. The molecule has 1 saturated heterocycles. The zero-order valence-electron chi connectivity index (χ0n) is 8.92. The number of nitrogens with one attached hydrogen (secondary N) is 1. The number of benzene rings is 1. The molecule has 15 heavy (non-hydrogen) atoms.